The van der Waals surface area contributed by atoms with Crippen molar-refractivity contribution in [3.63, 3.8) is 0 Å². The molecule has 0 saturated heterocycles. The number of carbonyl (C=O) groups excluding carboxylic acids is 1. The molecule has 8 nitrogen and oxygen atoms in total. The van der Waals surface area contributed by atoms with Crippen LogP contribution < -0.4 is 10.2 Å². The van der Waals surface area contributed by atoms with E-state index < -0.39 is 20.0 Å². The predicted molar refractivity (Wildman–Crippen MR) is 321 cm³/mol. The van der Waals surface area contributed by atoms with Crippen LogP contribution in [0.5, 0.6) is 0 Å². The molecule has 0 aromatic rings. The lowest BCUT2D eigenvalue weighted by atomic mass is 10.0. The fourth-order valence-corrected chi connectivity index (χ4v) is 10.8. The number of nitrogens with one attached hydrogen (secondary N) is 1. The van der Waals surface area contributed by atoms with Gasteiger partial charge < -0.3 is 28.8 Å². The Balaban J connectivity index is 4.05. The molecule has 0 aliphatic carbocycles. The molecule has 0 saturated carbocycles. The molecule has 0 radical (unpaired) electrons. The zero-order valence-electron chi connectivity index (χ0n) is 50.3. The minimum atomic E-state index is -4.58. The number of likely N-dealkylation sites (N-methyl/N-ethyl adjacent to an activating group) is 1. The summed E-state index contributed by atoms with van der Waals surface area (Å²) >= 11 is 0. The fourth-order valence-electron chi connectivity index (χ4n) is 10.1. The summed E-state index contributed by atoms with van der Waals surface area (Å²) in [5.41, 5.74) is 0. The van der Waals surface area contributed by atoms with Crippen molar-refractivity contribution in [1.29, 1.82) is 0 Å². The van der Waals surface area contributed by atoms with Crippen molar-refractivity contribution in [2.45, 2.75) is 347 Å². The van der Waals surface area contributed by atoms with E-state index in [2.05, 4.69) is 43.5 Å². The van der Waals surface area contributed by atoms with E-state index in [0.717, 1.165) is 44.9 Å². The summed E-state index contributed by atoms with van der Waals surface area (Å²) in [6.45, 7) is 4.77. The van der Waals surface area contributed by atoms with Crippen molar-refractivity contribution >= 4 is 13.7 Å². The molecule has 0 aromatic carbocycles. The normalized spacial score (nSPS) is 13.9. The van der Waals surface area contributed by atoms with Gasteiger partial charge >= 0.3 is 0 Å². The molecule has 0 rings (SSSR count). The first kappa shape index (κ1) is 73.0. The van der Waals surface area contributed by atoms with Gasteiger partial charge in [-0.05, 0) is 44.9 Å². The molecule has 0 fully saturated rings. The Labute approximate surface area is 462 Å². The third-order valence-electron chi connectivity index (χ3n) is 15.2. The summed E-state index contributed by atoms with van der Waals surface area (Å²) in [5.74, 6) is -0.158. The van der Waals surface area contributed by atoms with Crippen LogP contribution in [0.1, 0.15) is 335 Å². The number of hydrogen-bond donors (Lipinski definition) is 2. The Kier molecular flexibility index (Phi) is 55.9. The number of phosphoric ester groups is 1. The van der Waals surface area contributed by atoms with E-state index in [1.807, 2.05) is 21.1 Å². The van der Waals surface area contributed by atoms with Crippen LogP contribution in [0.3, 0.4) is 0 Å². The highest BCUT2D eigenvalue weighted by Gasteiger charge is 2.24. The Bertz CT molecular complexity index is 1260. The van der Waals surface area contributed by atoms with Gasteiger partial charge in [-0.1, -0.05) is 308 Å². The Morgan fingerprint density at radius 1 is 0.473 bits per heavy atom. The first-order chi connectivity index (χ1) is 36.0. The van der Waals surface area contributed by atoms with Crippen molar-refractivity contribution in [1.82, 2.24) is 5.32 Å². The Morgan fingerprint density at radius 3 is 1.12 bits per heavy atom. The number of unbranched alkanes of at least 4 members (excludes halogenated alkanes) is 44. The topological polar surface area (TPSA) is 108 Å². The van der Waals surface area contributed by atoms with Crippen LogP contribution in [-0.4, -0.2) is 68.5 Å². The summed E-state index contributed by atoms with van der Waals surface area (Å²) in [7, 11) is 1.32. The van der Waals surface area contributed by atoms with E-state index in [-0.39, 0.29) is 19.1 Å². The van der Waals surface area contributed by atoms with Gasteiger partial charge in [0.2, 0.25) is 5.91 Å². The maximum absolute atomic E-state index is 13.0. The Hall–Kier alpha value is -1.02. The van der Waals surface area contributed by atoms with E-state index in [1.54, 1.807) is 0 Å². The van der Waals surface area contributed by atoms with Crippen molar-refractivity contribution in [2.24, 2.45) is 0 Å². The molecule has 0 heterocycles. The quantitative estimate of drug-likeness (QED) is 0.0272. The molecule has 0 aliphatic rings. The summed E-state index contributed by atoms with van der Waals surface area (Å²) in [6, 6.07) is -0.799. The fraction of sp³-hybridized carbons (Fsp3) is 0.923. The van der Waals surface area contributed by atoms with Gasteiger partial charge in [0.15, 0.2) is 0 Å². The van der Waals surface area contributed by atoms with E-state index in [9.17, 15) is 19.4 Å². The number of phosphoric acid groups is 1. The van der Waals surface area contributed by atoms with E-state index >= 15 is 0 Å². The maximum atomic E-state index is 13.0. The number of aliphatic hydroxyl groups excluding tert-OH is 1. The highest BCUT2D eigenvalue weighted by molar-refractivity contribution is 7.45. The summed E-state index contributed by atoms with van der Waals surface area (Å²) in [5, 5.41) is 14.1. The highest BCUT2D eigenvalue weighted by Crippen LogP contribution is 2.38. The van der Waals surface area contributed by atoms with Gasteiger partial charge in [0.1, 0.15) is 13.2 Å². The van der Waals surface area contributed by atoms with Crippen LogP contribution in [0.4, 0.5) is 0 Å². The molecular formula is C65H129N2O6P. The SMILES string of the molecule is CCCCCCC/C=C\C/C=C\CCCCCCCCCCCCCCCCCCCC(=O)NC(COP(=O)([O-])OCC[N+](C)(C)C)C(O)CCCCCCCCCCCCCCCCCCCCCCCCC. The van der Waals surface area contributed by atoms with Gasteiger partial charge in [-0.15, -0.1) is 0 Å². The van der Waals surface area contributed by atoms with Gasteiger partial charge in [0.25, 0.3) is 7.82 Å². The number of aliphatic hydroxyl groups is 1. The lowest BCUT2D eigenvalue weighted by Gasteiger charge is -2.30. The molecule has 9 heteroatoms. The van der Waals surface area contributed by atoms with Crippen molar-refractivity contribution in [3.8, 4) is 0 Å². The maximum Gasteiger partial charge on any atom is 0.268 e. The first-order valence-electron chi connectivity index (χ1n) is 32.7. The molecule has 74 heavy (non-hydrogen) atoms. The Morgan fingerprint density at radius 2 is 0.784 bits per heavy atom. The standard InChI is InChI=1S/C65H129N2O6P/c1-6-8-10-12-14-16-18-20-22-24-26-28-30-31-32-33-34-35-37-39-41-43-45-47-49-51-53-55-57-59-65(69)66-63(62-73-74(70,71)72-61-60-67(3,4)5)64(68)58-56-54-52-50-48-46-44-42-40-38-36-29-27-25-23-21-19-17-15-13-11-9-7-2/h18,20,24,26,63-64,68H,6-17,19,21-23,25,27-62H2,1-5H3,(H-,66,69,70,71)/b20-18-,26-24-. The average molecular weight is 1070 g/mol. The zero-order valence-corrected chi connectivity index (χ0v) is 51.2. The molecule has 3 atom stereocenters. The van der Waals surface area contributed by atoms with Gasteiger partial charge in [-0.3, -0.25) is 9.36 Å². The van der Waals surface area contributed by atoms with Gasteiger partial charge in [-0.2, -0.15) is 0 Å². The number of quaternary nitrogens is 1. The summed E-state index contributed by atoms with van der Waals surface area (Å²) in [6.07, 6.45) is 72.3. The van der Waals surface area contributed by atoms with Gasteiger partial charge in [-0.25, -0.2) is 0 Å². The minimum Gasteiger partial charge on any atom is -0.756 e. The van der Waals surface area contributed by atoms with E-state index in [0.29, 0.717) is 23.9 Å². The second-order valence-electron chi connectivity index (χ2n) is 23.8. The average Bonchev–Trinajstić information content (AvgIpc) is 3.36. The molecule has 2 N–H and O–H groups in total. The van der Waals surface area contributed by atoms with Crippen LogP contribution in [0.15, 0.2) is 24.3 Å². The van der Waals surface area contributed by atoms with E-state index in [1.165, 1.54) is 263 Å². The lowest BCUT2D eigenvalue weighted by molar-refractivity contribution is -0.870. The van der Waals surface area contributed by atoms with Crippen LogP contribution in [-0.2, 0) is 18.4 Å². The molecular weight excluding hydrogens is 936 g/mol. The molecule has 0 spiro atoms. The van der Waals surface area contributed by atoms with Gasteiger partial charge in [0, 0.05) is 6.42 Å². The van der Waals surface area contributed by atoms with Crippen LogP contribution in [0, 0.1) is 0 Å². The predicted octanol–water partition coefficient (Wildman–Crippen LogP) is 19.7. The third kappa shape index (κ3) is 58.7. The number of carbonyl (C=O) groups is 1. The smallest absolute Gasteiger partial charge is 0.268 e. The molecule has 0 aliphatic heterocycles. The number of rotatable bonds is 61. The van der Waals surface area contributed by atoms with Crippen molar-refractivity contribution < 1.29 is 32.9 Å². The van der Waals surface area contributed by atoms with Crippen LogP contribution in [0.2, 0.25) is 0 Å². The third-order valence-corrected chi connectivity index (χ3v) is 16.2. The second-order valence-corrected chi connectivity index (χ2v) is 25.2. The van der Waals surface area contributed by atoms with Crippen LogP contribution >= 0.6 is 7.82 Å². The largest absolute Gasteiger partial charge is 0.756 e. The second kappa shape index (κ2) is 56.7. The van der Waals surface area contributed by atoms with Gasteiger partial charge in [0.05, 0.1) is 39.9 Å². The number of amides is 1. The minimum absolute atomic E-state index is 0.0147. The number of allylic oxidation sites excluding steroid dienone is 4. The molecule has 0 bridgehead atoms. The first-order valence-corrected chi connectivity index (χ1v) is 34.1. The monoisotopic (exact) mass is 1060 g/mol. The lowest BCUT2D eigenvalue weighted by Crippen LogP contribution is -2.46. The molecule has 0 aromatic heterocycles. The van der Waals surface area contributed by atoms with E-state index in [4.69, 9.17) is 9.05 Å². The molecule has 440 valence electrons. The number of nitrogens with zero attached hydrogens (tertiary/aromatic N) is 1. The molecule has 1 amide bonds. The molecule has 3 unspecified atom stereocenters. The highest BCUT2D eigenvalue weighted by atomic mass is 31.2. The zero-order chi connectivity index (χ0) is 54.2. The van der Waals surface area contributed by atoms with Crippen molar-refractivity contribution in [3.05, 3.63) is 24.3 Å². The number of hydrogen-bond acceptors (Lipinski definition) is 6. The van der Waals surface area contributed by atoms with Crippen LogP contribution in [0.25, 0.3) is 0 Å². The summed E-state index contributed by atoms with van der Waals surface area (Å²) < 4.78 is 23.5. The van der Waals surface area contributed by atoms with Crippen molar-refractivity contribution in [2.75, 3.05) is 40.9 Å². The summed E-state index contributed by atoms with van der Waals surface area (Å²) in [4.78, 5) is 25.6.